The number of phenols is 2. The van der Waals surface area contributed by atoms with Crippen LogP contribution in [-0.4, -0.2) is 38.1 Å². The number of fused-ring (bicyclic) bond motifs is 1. The van der Waals surface area contributed by atoms with Gasteiger partial charge in [-0.3, -0.25) is 0 Å². The molecule has 1 heterocycles. The summed E-state index contributed by atoms with van der Waals surface area (Å²) in [6.45, 7) is 0.405. The van der Waals surface area contributed by atoms with Gasteiger partial charge in [0.2, 0.25) is 11.5 Å². The highest BCUT2D eigenvalue weighted by atomic mass is 16.5. The van der Waals surface area contributed by atoms with Crippen molar-refractivity contribution in [1.82, 2.24) is 0 Å². The Morgan fingerprint density at radius 3 is 2.42 bits per heavy atom. The predicted octanol–water partition coefficient (Wildman–Crippen LogP) is 2.84. The smallest absolute Gasteiger partial charge is 0.206 e. The van der Waals surface area contributed by atoms with Crippen LogP contribution in [0.15, 0.2) is 24.3 Å². The zero-order valence-electron chi connectivity index (χ0n) is 13.8. The fraction of sp³-hybridized carbons (Fsp3) is 0.333. The average molecular weight is 332 g/mol. The summed E-state index contributed by atoms with van der Waals surface area (Å²) in [5, 5.41) is 20.4. The van der Waals surface area contributed by atoms with Crippen molar-refractivity contribution >= 4 is 0 Å². The second-order valence-electron chi connectivity index (χ2n) is 5.59. The van der Waals surface area contributed by atoms with E-state index < -0.39 is 0 Å². The largest absolute Gasteiger partial charge is 0.504 e. The number of methoxy groups -OCH3 is 3. The molecule has 128 valence electrons. The van der Waals surface area contributed by atoms with Gasteiger partial charge >= 0.3 is 0 Å². The molecule has 0 spiro atoms. The molecule has 2 aromatic carbocycles. The van der Waals surface area contributed by atoms with E-state index in [4.69, 9.17) is 18.9 Å². The van der Waals surface area contributed by atoms with Crippen LogP contribution in [0.25, 0.3) is 0 Å². The van der Waals surface area contributed by atoms with E-state index in [2.05, 4.69) is 0 Å². The average Bonchev–Trinajstić information content (AvgIpc) is 2.60. The summed E-state index contributed by atoms with van der Waals surface area (Å²) in [5.74, 6) is 1.40. The maximum Gasteiger partial charge on any atom is 0.206 e. The second-order valence-corrected chi connectivity index (χ2v) is 5.59. The minimum atomic E-state index is -0.212. The Labute approximate surface area is 140 Å². The Morgan fingerprint density at radius 2 is 1.75 bits per heavy atom. The molecule has 0 fully saturated rings. The van der Waals surface area contributed by atoms with Crippen LogP contribution in [0.1, 0.15) is 17.0 Å². The van der Waals surface area contributed by atoms with Gasteiger partial charge in [0.25, 0.3) is 0 Å². The predicted molar refractivity (Wildman–Crippen MR) is 87.8 cm³/mol. The number of hydrogen-bond donors (Lipinski definition) is 2. The summed E-state index contributed by atoms with van der Waals surface area (Å²) in [4.78, 5) is 0. The molecule has 1 aliphatic heterocycles. The van der Waals surface area contributed by atoms with E-state index >= 15 is 0 Å². The number of hydrogen-bond acceptors (Lipinski definition) is 6. The van der Waals surface area contributed by atoms with Crippen LogP contribution in [0.4, 0.5) is 0 Å². The van der Waals surface area contributed by atoms with E-state index in [-0.39, 0.29) is 28.9 Å². The molecule has 24 heavy (non-hydrogen) atoms. The molecule has 0 aromatic heterocycles. The van der Waals surface area contributed by atoms with Gasteiger partial charge in [-0.15, -0.1) is 0 Å². The third-order valence-electron chi connectivity index (χ3n) is 4.25. The number of ether oxygens (including phenoxy) is 4. The van der Waals surface area contributed by atoms with Gasteiger partial charge in [-0.2, -0.15) is 0 Å². The van der Waals surface area contributed by atoms with Crippen molar-refractivity contribution in [2.45, 2.75) is 12.3 Å². The van der Waals surface area contributed by atoms with Gasteiger partial charge in [0.1, 0.15) is 11.5 Å². The summed E-state index contributed by atoms with van der Waals surface area (Å²) in [7, 11) is 4.46. The van der Waals surface area contributed by atoms with Crippen LogP contribution in [0.2, 0.25) is 0 Å². The van der Waals surface area contributed by atoms with Crippen molar-refractivity contribution in [3.8, 4) is 34.5 Å². The van der Waals surface area contributed by atoms with Gasteiger partial charge < -0.3 is 29.2 Å². The van der Waals surface area contributed by atoms with Gasteiger partial charge in [-0.1, -0.05) is 6.07 Å². The Kier molecular flexibility index (Phi) is 4.29. The number of rotatable bonds is 4. The van der Waals surface area contributed by atoms with Crippen molar-refractivity contribution in [3.63, 3.8) is 0 Å². The molecular formula is C18H20O6. The normalized spacial score (nSPS) is 16.0. The van der Waals surface area contributed by atoms with Gasteiger partial charge in [0, 0.05) is 17.5 Å². The number of aromatic hydroxyl groups is 2. The van der Waals surface area contributed by atoms with Gasteiger partial charge in [0.15, 0.2) is 11.5 Å². The Bertz CT molecular complexity index is 756. The van der Waals surface area contributed by atoms with Crippen molar-refractivity contribution in [3.05, 3.63) is 35.4 Å². The SMILES string of the molecule is COc1ccc2c(c1)OC[C@H](c1cc(O)c(OC)c(O)c1OC)C2. The van der Waals surface area contributed by atoms with Crippen molar-refractivity contribution in [2.75, 3.05) is 27.9 Å². The molecule has 0 bridgehead atoms. The lowest BCUT2D eigenvalue weighted by Gasteiger charge is -2.27. The van der Waals surface area contributed by atoms with Gasteiger partial charge in [0.05, 0.1) is 27.9 Å². The minimum absolute atomic E-state index is 0.00235. The third kappa shape index (κ3) is 2.64. The topological polar surface area (TPSA) is 77.4 Å². The Hall–Kier alpha value is -2.76. The van der Waals surface area contributed by atoms with Crippen molar-refractivity contribution < 1.29 is 29.2 Å². The Balaban J connectivity index is 1.98. The summed E-state index contributed by atoms with van der Waals surface area (Å²) in [6.07, 6.45) is 0.695. The third-order valence-corrected chi connectivity index (χ3v) is 4.25. The highest BCUT2D eigenvalue weighted by Crippen LogP contribution is 2.49. The zero-order valence-corrected chi connectivity index (χ0v) is 13.8. The summed E-state index contributed by atoms with van der Waals surface area (Å²) in [6, 6.07) is 7.24. The van der Waals surface area contributed by atoms with Crippen LogP contribution >= 0.6 is 0 Å². The molecule has 0 radical (unpaired) electrons. The van der Waals surface area contributed by atoms with E-state index in [1.807, 2.05) is 18.2 Å². The molecule has 0 unspecified atom stereocenters. The zero-order chi connectivity index (χ0) is 17.3. The molecule has 0 saturated heterocycles. The standard InChI is InChI=1S/C18H20O6/c1-21-12-5-4-10-6-11(9-24-15(10)7-12)13-8-14(19)18(23-3)16(20)17(13)22-2/h4-5,7-8,11,19-20H,6,9H2,1-3H3/t11-/m1/s1. The van der Waals surface area contributed by atoms with Crippen LogP contribution in [-0.2, 0) is 6.42 Å². The maximum absolute atomic E-state index is 10.3. The van der Waals surface area contributed by atoms with Crippen LogP contribution < -0.4 is 18.9 Å². The highest BCUT2D eigenvalue weighted by Gasteiger charge is 2.28. The second kappa shape index (κ2) is 6.39. The molecule has 1 atom stereocenters. The molecule has 2 N–H and O–H groups in total. The van der Waals surface area contributed by atoms with E-state index in [1.165, 1.54) is 14.2 Å². The molecule has 3 rings (SSSR count). The van der Waals surface area contributed by atoms with E-state index in [0.717, 1.165) is 17.1 Å². The van der Waals surface area contributed by atoms with E-state index in [1.54, 1.807) is 13.2 Å². The number of phenolic OH excluding ortho intramolecular Hbond substituents is 2. The first-order valence-corrected chi connectivity index (χ1v) is 7.55. The molecule has 6 nitrogen and oxygen atoms in total. The lowest BCUT2D eigenvalue weighted by Crippen LogP contribution is -2.20. The van der Waals surface area contributed by atoms with Crippen LogP contribution in [0.3, 0.4) is 0 Å². The summed E-state index contributed by atoms with van der Waals surface area (Å²) in [5.41, 5.74) is 1.71. The molecule has 0 saturated carbocycles. The van der Waals surface area contributed by atoms with Gasteiger partial charge in [-0.25, -0.2) is 0 Å². The summed E-state index contributed by atoms with van der Waals surface area (Å²) < 4.78 is 21.4. The quantitative estimate of drug-likeness (QED) is 0.896. The van der Waals surface area contributed by atoms with E-state index in [0.29, 0.717) is 18.6 Å². The first kappa shape index (κ1) is 16.1. The molecule has 0 aliphatic carbocycles. The number of benzene rings is 2. The van der Waals surface area contributed by atoms with E-state index in [9.17, 15) is 10.2 Å². The fourth-order valence-electron chi connectivity index (χ4n) is 3.04. The lowest BCUT2D eigenvalue weighted by molar-refractivity contribution is 0.254. The van der Waals surface area contributed by atoms with Crippen molar-refractivity contribution in [1.29, 1.82) is 0 Å². The molecule has 0 amide bonds. The Morgan fingerprint density at radius 1 is 1.00 bits per heavy atom. The molecular weight excluding hydrogens is 312 g/mol. The maximum atomic E-state index is 10.3. The first-order chi connectivity index (χ1) is 11.6. The summed E-state index contributed by atoms with van der Waals surface area (Å²) >= 11 is 0. The molecule has 1 aliphatic rings. The van der Waals surface area contributed by atoms with Crippen LogP contribution in [0.5, 0.6) is 34.5 Å². The van der Waals surface area contributed by atoms with Crippen molar-refractivity contribution in [2.24, 2.45) is 0 Å². The molecule has 2 aromatic rings. The lowest BCUT2D eigenvalue weighted by atomic mass is 9.89. The minimum Gasteiger partial charge on any atom is -0.504 e. The first-order valence-electron chi connectivity index (χ1n) is 7.55. The highest BCUT2D eigenvalue weighted by molar-refractivity contribution is 5.63. The fourth-order valence-corrected chi connectivity index (χ4v) is 3.04. The van der Waals surface area contributed by atoms with Gasteiger partial charge in [-0.05, 0) is 24.1 Å². The monoisotopic (exact) mass is 332 g/mol. The molecule has 6 heteroatoms. The van der Waals surface area contributed by atoms with Crippen LogP contribution in [0, 0.1) is 0 Å².